The van der Waals surface area contributed by atoms with Crippen molar-refractivity contribution in [3.63, 3.8) is 0 Å². The van der Waals surface area contributed by atoms with Crippen molar-refractivity contribution in [2.24, 2.45) is 11.8 Å². The summed E-state index contributed by atoms with van der Waals surface area (Å²) in [7, 11) is 1.35. The third-order valence-corrected chi connectivity index (χ3v) is 4.30. The van der Waals surface area contributed by atoms with Crippen molar-refractivity contribution in [1.29, 1.82) is 0 Å². The first-order valence-electron chi connectivity index (χ1n) is 7.12. The third kappa shape index (κ3) is 3.46. The lowest BCUT2D eigenvalue weighted by Gasteiger charge is -2.26. The first-order chi connectivity index (χ1) is 9.11. The number of rotatable bonds is 4. The van der Waals surface area contributed by atoms with E-state index in [2.05, 4.69) is 6.92 Å². The highest BCUT2D eigenvalue weighted by Crippen LogP contribution is 2.32. The van der Waals surface area contributed by atoms with Crippen LogP contribution in [0.4, 0.5) is 8.78 Å². The summed E-state index contributed by atoms with van der Waals surface area (Å²) >= 11 is 0. The molecule has 0 unspecified atom stereocenters. The number of halogens is 2. The van der Waals surface area contributed by atoms with Gasteiger partial charge in [-0.1, -0.05) is 38.7 Å². The smallest absolute Gasteiger partial charge is 0.200 e. The molecule has 0 N–H and O–H groups in total. The van der Waals surface area contributed by atoms with Gasteiger partial charge in [-0.3, -0.25) is 0 Å². The summed E-state index contributed by atoms with van der Waals surface area (Å²) in [6.07, 6.45) is 6.55. The monoisotopic (exact) mass is 270 g/mol. The fourth-order valence-electron chi connectivity index (χ4n) is 2.90. The van der Waals surface area contributed by atoms with Gasteiger partial charge in [-0.05, 0) is 36.3 Å². The minimum Gasteiger partial charge on any atom is -0.494 e. The van der Waals surface area contributed by atoms with Gasteiger partial charge in [0, 0.05) is 1.43 Å². The molecule has 0 spiro atoms. The molecule has 1 aliphatic carbocycles. The van der Waals surface area contributed by atoms with Gasteiger partial charge in [0.25, 0.3) is 0 Å². The maximum Gasteiger partial charge on any atom is 0.200 e. The van der Waals surface area contributed by atoms with Crippen LogP contribution in [0.5, 0.6) is 5.75 Å². The Morgan fingerprint density at radius 2 is 1.84 bits per heavy atom. The van der Waals surface area contributed by atoms with Gasteiger partial charge in [0.2, 0.25) is 5.82 Å². The van der Waals surface area contributed by atoms with E-state index in [4.69, 9.17) is 4.74 Å². The minimum atomic E-state index is -0.864. The van der Waals surface area contributed by atoms with Gasteiger partial charge in [-0.2, -0.15) is 4.39 Å². The zero-order chi connectivity index (χ0) is 13.8. The number of hydrogen-bond donors (Lipinski definition) is 0. The largest absolute Gasteiger partial charge is 0.494 e. The van der Waals surface area contributed by atoms with Crippen molar-refractivity contribution in [3.8, 4) is 5.75 Å². The zero-order valence-corrected chi connectivity index (χ0v) is 11.7. The molecule has 0 amide bonds. The summed E-state index contributed by atoms with van der Waals surface area (Å²) in [6.45, 7) is 2.29. The van der Waals surface area contributed by atoms with Gasteiger partial charge in [0.1, 0.15) is 0 Å². The molecule has 1 aliphatic rings. The number of methoxy groups -OCH3 is 1. The summed E-state index contributed by atoms with van der Waals surface area (Å²) in [6, 6.07) is 3.15. The van der Waals surface area contributed by atoms with E-state index in [1.54, 1.807) is 6.07 Å². The molecule has 19 heavy (non-hydrogen) atoms. The van der Waals surface area contributed by atoms with Gasteiger partial charge in [0.05, 0.1) is 7.11 Å². The summed E-state index contributed by atoms with van der Waals surface area (Å²) < 4.78 is 32.2. The highest BCUT2D eigenvalue weighted by atomic mass is 19.2. The molecule has 1 fully saturated rings. The Bertz CT molecular complexity index is 429. The van der Waals surface area contributed by atoms with Crippen LogP contribution in [0.2, 0.25) is 0 Å². The van der Waals surface area contributed by atoms with Crippen LogP contribution < -0.4 is 4.74 Å². The van der Waals surface area contributed by atoms with E-state index in [1.807, 2.05) is 0 Å². The first-order valence-corrected chi connectivity index (χ1v) is 7.12. The van der Waals surface area contributed by atoms with Crippen LogP contribution in [0.25, 0.3) is 0 Å². The summed E-state index contributed by atoms with van der Waals surface area (Å²) in [5.74, 6) is -0.138. The van der Waals surface area contributed by atoms with E-state index < -0.39 is 11.6 Å². The maximum atomic E-state index is 13.8. The van der Waals surface area contributed by atoms with E-state index >= 15 is 0 Å². The molecule has 0 heterocycles. The Kier molecular flexibility index (Phi) is 4.78. The second-order valence-corrected chi connectivity index (χ2v) is 5.72. The summed E-state index contributed by atoms with van der Waals surface area (Å²) in [5.41, 5.74) is 0.469. The Morgan fingerprint density at radius 3 is 2.47 bits per heavy atom. The molecular weight excluding hydrogens is 246 g/mol. The molecule has 0 bridgehead atoms. The Balaban J connectivity index is 0.00000200. The van der Waals surface area contributed by atoms with Crippen LogP contribution in [0.3, 0.4) is 0 Å². The molecule has 2 rings (SSSR count). The number of aryl methyl sites for hydroxylation is 1. The van der Waals surface area contributed by atoms with Crippen molar-refractivity contribution >= 4 is 0 Å². The zero-order valence-electron chi connectivity index (χ0n) is 11.7. The SMILES string of the molecule is COc1ccc(CCC2CCC(C)CC2)c(F)c1F.[HH]. The quantitative estimate of drug-likeness (QED) is 0.750. The van der Waals surface area contributed by atoms with Crippen molar-refractivity contribution in [1.82, 2.24) is 0 Å². The molecule has 1 aromatic carbocycles. The highest BCUT2D eigenvalue weighted by Gasteiger charge is 2.19. The van der Waals surface area contributed by atoms with E-state index in [-0.39, 0.29) is 7.18 Å². The number of ether oxygens (including phenoxy) is 1. The number of hydrogen-bond acceptors (Lipinski definition) is 1. The molecule has 0 saturated heterocycles. The Hall–Kier alpha value is -1.12. The standard InChI is InChI=1S/C16H22F2O.H2/c1-11-3-5-12(6-4-11)7-8-13-9-10-14(19-2)16(18)15(13)17;/h9-12H,3-8H2,1-2H3;1H. The Morgan fingerprint density at radius 1 is 1.16 bits per heavy atom. The molecule has 1 saturated carbocycles. The van der Waals surface area contributed by atoms with Crippen LogP contribution in [-0.4, -0.2) is 7.11 Å². The average Bonchev–Trinajstić information content (AvgIpc) is 2.42. The molecule has 0 radical (unpaired) electrons. The Labute approximate surface area is 115 Å². The lowest BCUT2D eigenvalue weighted by molar-refractivity contribution is 0.276. The van der Waals surface area contributed by atoms with Gasteiger partial charge in [0.15, 0.2) is 11.6 Å². The lowest BCUT2D eigenvalue weighted by Crippen LogP contribution is -2.13. The van der Waals surface area contributed by atoms with E-state index in [0.717, 1.165) is 12.3 Å². The van der Waals surface area contributed by atoms with Crippen LogP contribution in [-0.2, 0) is 6.42 Å². The molecule has 1 aromatic rings. The fraction of sp³-hybridized carbons (Fsp3) is 0.625. The van der Waals surface area contributed by atoms with Gasteiger partial charge in [-0.25, -0.2) is 4.39 Å². The summed E-state index contributed by atoms with van der Waals surface area (Å²) in [5, 5.41) is 0. The molecule has 0 atom stereocenters. The predicted molar refractivity (Wildman–Crippen MR) is 74.5 cm³/mol. The third-order valence-electron chi connectivity index (χ3n) is 4.30. The van der Waals surface area contributed by atoms with Crippen molar-refractivity contribution in [2.75, 3.05) is 7.11 Å². The first kappa shape index (κ1) is 14.3. The topological polar surface area (TPSA) is 9.23 Å². The molecule has 0 aliphatic heterocycles. The fourth-order valence-corrected chi connectivity index (χ4v) is 2.90. The van der Waals surface area contributed by atoms with E-state index in [9.17, 15) is 8.78 Å². The van der Waals surface area contributed by atoms with Gasteiger partial charge in [-0.15, -0.1) is 0 Å². The van der Waals surface area contributed by atoms with E-state index in [0.29, 0.717) is 17.9 Å². The second kappa shape index (κ2) is 6.36. The van der Waals surface area contributed by atoms with Crippen LogP contribution >= 0.6 is 0 Å². The van der Waals surface area contributed by atoms with Crippen molar-refractivity contribution < 1.29 is 14.9 Å². The van der Waals surface area contributed by atoms with Crippen molar-refractivity contribution in [3.05, 3.63) is 29.3 Å². The van der Waals surface area contributed by atoms with E-state index in [1.165, 1.54) is 38.9 Å². The molecule has 1 nitrogen and oxygen atoms in total. The van der Waals surface area contributed by atoms with Gasteiger partial charge >= 0.3 is 0 Å². The molecule has 3 heteroatoms. The summed E-state index contributed by atoms with van der Waals surface area (Å²) in [4.78, 5) is 0. The minimum absolute atomic E-state index is 0. The lowest BCUT2D eigenvalue weighted by atomic mass is 9.80. The molecule has 108 valence electrons. The highest BCUT2D eigenvalue weighted by molar-refractivity contribution is 5.31. The van der Waals surface area contributed by atoms with Crippen LogP contribution in [0.15, 0.2) is 12.1 Å². The predicted octanol–water partition coefficient (Wildman–Crippen LogP) is 4.98. The van der Waals surface area contributed by atoms with Crippen molar-refractivity contribution in [2.45, 2.75) is 45.4 Å². The van der Waals surface area contributed by atoms with Gasteiger partial charge < -0.3 is 4.74 Å². The molecular formula is C16H24F2O. The molecule has 0 aromatic heterocycles. The maximum absolute atomic E-state index is 13.8. The second-order valence-electron chi connectivity index (χ2n) is 5.72. The number of benzene rings is 1. The normalized spacial score (nSPS) is 23.4. The average molecular weight is 270 g/mol. The van der Waals surface area contributed by atoms with Crippen LogP contribution in [0.1, 0.15) is 46.0 Å². The van der Waals surface area contributed by atoms with Crippen LogP contribution in [0, 0.1) is 23.5 Å².